The lowest BCUT2D eigenvalue weighted by atomic mass is 9.89. The Morgan fingerprint density at radius 2 is 2.05 bits per heavy atom. The van der Waals surface area contributed by atoms with E-state index in [4.69, 9.17) is 15.0 Å². The molecule has 0 atom stereocenters. The number of ether oxygens (including phenoxy) is 1. The normalized spacial score (nSPS) is 16.0. The number of benzene rings is 2. The lowest BCUT2D eigenvalue weighted by Crippen LogP contribution is -2.38. The Hall–Kier alpha value is -3.89. The number of nitrogens with two attached hydrogens (primary N) is 1. The van der Waals surface area contributed by atoms with Crippen molar-refractivity contribution >= 4 is 27.3 Å². The van der Waals surface area contributed by atoms with Crippen LogP contribution in [0.1, 0.15) is 52.6 Å². The Labute approximate surface area is 246 Å². The van der Waals surface area contributed by atoms with Gasteiger partial charge in [-0.1, -0.05) is 30.0 Å². The first-order valence-corrected chi connectivity index (χ1v) is 15.7. The van der Waals surface area contributed by atoms with Gasteiger partial charge >= 0.3 is 5.97 Å². The van der Waals surface area contributed by atoms with E-state index in [1.165, 1.54) is 28.8 Å². The van der Waals surface area contributed by atoms with E-state index in [0.29, 0.717) is 41.9 Å². The SMILES string of the molecule is CC1(C#Cc2cccc(-c3nn(-c4nc(C(=O)O)cs4)c(CC4CC4)c3Cc3ccc(S(N)(=O)=O)c(F)c3)c2)COC1. The number of primary sulfonamides is 1. The van der Waals surface area contributed by atoms with E-state index in [2.05, 4.69) is 23.7 Å². The number of carboxylic acids is 1. The highest BCUT2D eigenvalue weighted by Gasteiger charge is 2.31. The molecule has 1 aliphatic heterocycles. The third-order valence-electron chi connectivity index (χ3n) is 7.33. The summed E-state index contributed by atoms with van der Waals surface area (Å²) in [4.78, 5) is 15.3. The van der Waals surface area contributed by atoms with E-state index in [-0.39, 0.29) is 17.5 Å². The van der Waals surface area contributed by atoms with Gasteiger partial charge in [0.1, 0.15) is 10.7 Å². The van der Waals surface area contributed by atoms with Crippen LogP contribution in [0.3, 0.4) is 0 Å². The number of thiazole rings is 1. The number of aromatic nitrogens is 3. The van der Waals surface area contributed by atoms with Gasteiger partial charge in [0, 0.05) is 28.5 Å². The third-order valence-corrected chi connectivity index (χ3v) is 9.09. The Bertz CT molecular complexity index is 1880. The maximum atomic E-state index is 14.8. The lowest BCUT2D eigenvalue weighted by Gasteiger charge is -2.32. The number of carbonyl (C=O) groups is 1. The fourth-order valence-corrected chi connectivity index (χ4v) is 6.22. The second-order valence-corrected chi connectivity index (χ2v) is 13.4. The molecular weight excluding hydrogens is 579 g/mol. The number of nitrogens with zero attached hydrogens (tertiary/aromatic N) is 3. The fraction of sp³-hybridized carbons (Fsp3) is 0.300. The summed E-state index contributed by atoms with van der Waals surface area (Å²) in [5, 5.41) is 21.5. The van der Waals surface area contributed by atoms with Gasteiger partial charge in [-0.2, -0.15) is 5.10 Å². The molecule has 0 spiro atoms. The molecule has 1 saturated carbocycles. The summed E-state index contributed by atoms with van der Waals surface area (Å²) in [5.74, 6) is 4.92. The molecule has 2 aromatic carbocycles. The summed E-state index contributed by atoms with van der Waals surface area (Å²) in [6.45, 7) is 3.23. The zero-order valence-corrected chi connectivity index (χ0v) is 24.3. The molecule has 1 aliphatic carbocycles. The van der Waals surface area contributed by atoms with Crippen LogP contribution in [-0.2, 0) is 27.6 Å². The number of hydrogen-bond acceptors (Lipinski definition) is 7. The molecule has 6 rings (SSSR count). The molecule has 42 heavy (non-hydrogen) atoms. The zero-order chi connectivity index (χ0) is 29.6. The zero-order valence-electron chi connectivity index (χ0n) is 22.6. The van der Waals surface area contributed by atoms with Crippen molar-refractivity contribution in [3.8, 4) is 28.2 Å². The van der Waals surface area contributed by atoms with Gasteiger partial charge in [0.05, 0.1) is 30.0 Å². The van der Waals surface area contributed by atoms with Crippen LogP contribution in [0.2, 0.25) is 0 Å². The van der Waals surface area contributed by atoms with E-state index >= 15 is 0 Å². The van der Waals surface area contributed by atoms with Crippen LogP contribution in [0, 0.1) is 29.0 Å². The first kappa shape index (κ1) is 28.2. The van der Waals surface area contributed by atoms with Crippen molar-refractivity contribution in [2.75, 3.05) is 13.2 Å². The minimum atomic E-state index is -4.21. The van der Waals surface area contributed by atoms with Gasteiger partial charge in [-0.25, -0.2) is 32.4 Å². The van der Waals surface area contributed by atoms with Crippen LogP contribution in [0.4, 0.5) is 4.39 Å². The van der Waals surface area contributed by atoms with Crippen molar-refractivity contribution in [3.63, 3.8) is 0 Å². The molecule has 0 bridgehead atoms. The number of hydrogen-bond donors (Lipinski definition) is 2. The molecule has 0 radical (unpaired) electrons. The van der Waals surface area contributed by atoms with Crippen molar-refractivity contribution in [2.24, 2.45) is 16.5 Å². The number of carboxylic acid groups (broad SMARTS) is 1. The maximum Gasteiger partial charge on any atom is 0.355 e. The number of rotatable bonds is 8. The van der Waals surface area contributed by atoms with Crippen molar-refractivity contribution in [3.05, 3.63) is 81.7 Å². The summed E-state index contributed by atoms with van der Waals surface area (Å²) >= 11 is 1.18. The summed E-state index contributed by atoms with van der Waals surface area (Å²) in [5.41, 5.74) is 4.19. The maximum absolute atomic E-state index is 14.8. The molecule has 1 saturated heterocycles. The topological polar surface area (TPSA) is 137 Å². The summed E-state index contributed by atoms with van der Waals surface area (Å²) in [6.07, 6.45) is 3.05. The summed E-state index contributed by atoms with van der Waals surface area (Å²) in [6, 6.07) is 11.6. The van der Waals surface area contributed by atoms with Gasteiger partial charge in [-0.3, -0.25) is 0 Å². The van der Waals surface area contributed by atoms with E-state index in [9.17, 15) is 22.7 Å². The van der Waals surface area contributed by atoms with Crippen LogP contribution in [0.5, 0.6) is 0 Å². The van der Waals surface area contributed by atoms with E-state index in [1.54, 1.807) is 10.7 Å². The minimum Gasteiger partial charge on any atom is -0.476 e. The van der Waals surface area contributed by atoms with Crippen LogP contribution in [-0.4, -0.2) is 47.5 Å². The first-order chi connectivity index (χ1) is 20.0. The second-order valence-electron chi connectivity index (χ2n) is 11.0. The Morgan fingerprint density at radius 1 is 1.26 bits per heavy atom. The molecule has 2 aliphatic rings. The number of halogens is 1. The van der Waals surface area contributed by atoms with Crippen LogP contribution in [0.15, 0.2) is 52.7 Å². The van der Waals surface area contributed by atoms with Crippen LogP contribution >= 0.6 is 11.3 Å². The van der Waals surface area contributed by atoms with Gasteiger partial charge in [0.25, 0.3) is 0 Å². The lowest BCUT2D eigenvalue weighted by molar-refractivity contribution is -0.0648. The molecule has 12 heteroatoms. The van der Waals surface area contributed by atoms with Crippen LogP contribution < -0.4 is 5.14 Å². The standard InChI is InChI=1S/C30H27FN4O5S2/c1-30(16-40-17-30)10-9-18-3-2-4-21(11-18)27-22(12-20-7-8-26(23(31)13-20)42(32,38)39)25(14-19-5-6-19)35(34-27)29-33-24(15-41-29)28(36)37/h2-4,7-8,11,13,15,19H,5-6,12,14,16-17H2,1H3,(H,36,37)(H2,32,38,39). The van der Waals surface area contributed by atoms with Crippen molar-refractivity contribution in [1.29, 1.82) is 0 Å². The predicted octanol–water partition coefficient (Wildman–Crippen LogP) is 4.41. The molecule has 2 aromatic heterocycles. The molecule has 0 unspecified atom stereocenters. The predicted molar refractivity (Wildman–Crippen MR) is 154 cm³/mol. The van der Waals surface area contributed by atoms with Gasteiger partial charge in [-0.05, 0) is 61.9 Å². The van der Waals surface area contributed by atoms with Crippen LogP contribution in [0.25, 0.3) is 16.4 Å². The number of aromatic carboxylic acids is 1. The van der Waals surface area contributed by atoms with E-state index in [1.807, 2.05) is 24.3 Å². The summed E-state index contributed by atoms with van der Waals surface area (Å²) < 4.78 is 45.4. The molecule has 216 valence electrons. The number of sulfonamides is 1. The third kappa shape index (κ3) is 5.87. The quantitative estimate of drug-likeness (QED) is 0.284. The van der Waals surface area contributed by atoms with Gasteiger partial charge in [0.2, 0.25) is 15.2 Å². The molecule has 3 heterocycles. The van der Waals surface area contributed by atoms with Crippen molar-refractivity contribution < 1.29 is 27.4 Å². The highest BCUT2D eigenvalue weighted by molar-refractivity contribution is 7.89. The molecule has 9 nitrogen and oxygen atoms in total. The molecule has 3 N–H and O–H groups in total. The van der Waals surface area contributed by atoms with Gasteiger partial charge < -0.3 is 9.84 Å². The Kier molecular flexibility index (Phi) is 7.22. The molecule has 4 aromatic rings. The van der Waals surface area contributed by atoms with E-state index in [0.717, 1.165) is 35.2 Å². The summed E-state index contributed by atoms with van der Waals surface area (Å²) in [7, 11) is -4.21. The average molecular weight is 607 g/mol. The average Bonchev–Trinajstić information content (AvgIpc) is 3.48. The van der Waals surface area contributed by atoms with Crippen molar-refractivity contribution in [2.45, 2.75) is 37.5 Å². The smallest absolute Gasteiger partial charge is 0.355 e. The Morgan fingerprint density at radius 3 is 2.67 bits per heavy atom. The Balaban J connectivity index is 1.49. The fourth-order valence-electron chi connectivity index (χ4n) is 4.86. The highest BCUT2D eigenvalue weighted by atomic mass is 32.2. The van der Waals surface area contributed by atoms with Gasteiger partial charge in [0.15, 0.2) is 5.69 Å². The first-order valence-electron chi connectivity index (χ1n) is 13.3. The minimum absolute atomic E-state index is 0.0719. The highest BCUT2D eigenvalue weighted by Crippen LogP contribution is 2.38. The molecule has 0 amide bonds. The largest absolute Gasteiger partial charge is 0.476 e. The molecule has 2 fully saturated rings. The van der Waals surface area contributed by atoms with E-state index < -0.39 is 26.7 Å². The van der Waals surface area contributed by atoms with Crippen molar-refractivity contribution in [1.82, 2.24) is 14.8 Å². The monoisotopic (exact) mass is 606 g/mol. The van der Waals surface area contributed by atoms with Gasteiger partial charge in [-0.15, -0.1) is 11.3 Å². The molecular formula is C30H27FN4O5S2. The second kappa shape index (κ2) is 10.7.